The predicted molar refractivity (Wildman–Crippen MR) is 92.4 cm³/mol. The Bertz CT molecular complexity index is 322. The molecule has 0 N–H and O–H groups in total. The van der Waals surface area contributed by atoms with Gasteiger partial charge in [0.2, 0.25) is 0 Å². The Hall–Kier alpha value is 0.217. The van der Waals surface area contributed by atoms with Gasteiger partial charge in [0.25, 0.3) is 0 Å². The lowest BCUT2D eigenvalue weighted by Gasteiger charge is -2.42. The van der Waals surface area contributed by atoms with Gasteiger partial charge in [0.15, 0.2) is 8.32 Å². The highest BCUT2D eigenvalue weighted by atomic mass is 79.9. The SMILES string of the molecule is CCCCC[C@](C)(C#CCBr)O[Si](C)(C)C(C)(C)C. The lowest BCUT2D eigenvalue weighted by molar-refractivity contribution is 0.118. The molecule has 0 rings (SSSR count). The fourth-order valence-electron chi connectivity index (χ4n) is 1.79. The molecule has 0 unspecified atom stereocenters. The first-order valence-electron chi connectivity index (χ1n) is 7.34. The zero-order valence-electron chi connectivity index (χ0n) is 13.8. The summed E-state index contributed by atoms with van der Waals surface area (Å²) in [6.45, 7) is 15.9. The topological polar surface area (TPSA) is 9.23 Å². The van der Waals surface area contributed by atoms with E-state index < -0.39 is 8.32 Å². The third kappa shape index (κ3) is 6.97. The monoisotopic (exact) mass is 346 g/mol. The smallest absolute Gasteiger partial charge is 0.194 e. The molecule has 0 aliphatic rings. The van der Waals surface area contributed by atoms with E-state index in [1.807, 2.05) is 0 Å². The highest BCUT2D eigenvalue weighted by Crippen LogP contribution is 2.40. The molecular formula is C16H31BrOSi. The average Bonchev–Trinajstić information content (AvgIpc) is 2.24. The van der Waals surface area contributed by atoms with Gasteiger partial charge in [0, 0.05) is 0 Å². The van der Waals surface area contributed by atoms with Crippen LogP contribution in [0.25, 0.3) is 0 Å². The number of alkyl halides is 1. The first-order valence-corrected chi connectivity index (χ1v) is 11.4. The van der Waals surface area contributed by atoms with Gasteiger partial charge in [-0.05, 0) is 37.9 Å². The second-order valence-corrected chi connectivity index (χ2v) is 12.3. The molecule has 0 spiro atoms. The van der Waals surface area contributed by atoms with E-state index in [0.717, 1.165) is 11.8 Å². The molecule has 1 atom stereocenters. The van der Waals surface area contributed by atoms with Crippen LogP contribution in [0.1, 0.15) is 60.3 Å². The van der Waals surface area contributed by atoms with E-state index in [2.05, 4.69) is 75.5 Å². The van der Waals surface area contributed by atoms with Crippen LogP contribution in [-0.4, -0.2) is 19.2 Å². The highest BCUT2D eigenvalue weighted by molar-refractivity contribution is 9.09. The lowest BCUT2D eigenvalue weighted by atomic mass is 9.99. The fraction of sp³-hybridized carbons (Fsp3) is 0.875. The second kappa shape index (κ2) is 7.86. The molecule has 0 aliphatic carbocycles. The third-order valence-electron chi connectivity index (χ3n) is 3.96. The van der Waals surface area contributed by atoms with Crippen LogP contribution < -0.4 is 0 Å². The van der Waals surface area contributed by atoms with Crippen LogP contribution in [0.4, 0.5) is 0 Å². The molecule has 0 radical (unpaired) electrons. The van der Waals surface area contributed by atoms with E-state index in [1.54, 1.807) is 0 Å². The van der Waals surface area contributed by atoms with Crippen LogP contribution in [0.15, 0.2) is 0 Å². The molecule has 0 bridgehead atoms. The Morgan fingerprint density at radius 1 is 1.11 bits per heavy atom. The van der Waals surface area contributed by atoms with Gasteiger partial charge in [-0.15, -0.1) is 0 Å². The first-order chi connectivity index (χ1) is 8.58. The summed E-state index contributed by atoms with van der Waals surface area (Å²) >= 11 is 3.39. The lowest BCUT2D eigenvalue weighted by Crippen LogP contribution is -2.48. The molecule has 0 saturated carbocycles. The van der Waals surface area contributed by atoms with E-state index in [9.17, 15) is 0 Å². The molecule has 0 heterocycles. The number of hydrogen-bond acceptors (Lipinski definition) is 1. The highest BCUT2D eigenvalue weighted by Gasteiger charge is 2.42. The van der Waals surface area contributed by atoms with Crippen molar-refractivity contribution in [3.8, 4) is 11.8 Å². The van der Waals surface area contributed by atoms with Gasteiger partial charge in [-0.1, -0.05) is 68.3 Å². The summed E-state index contributed by atoms with van der Waals surface area (Å²) in [6.07, 6.45) is 4.72. The van der Waals surface area contributed by atoms with Gasteiger partial charge in [-0.3, -0.25) is 0 Å². The van der Waals surface area contributed by atoms with E-state index in [4.69, 9.17) is 4.43 Å². The van der Waals surface area contributed by atoms with Crippen molar-refractivity contribution in [2.24, 2.45) is 0 Å². The Kier molecular flexibility index (Phi) is 7.95. The zero-order chi connectivity index (χ0) is 15.2. The maximum absolute atomic E-state index is 6.58. The quantitative estimate of drug-likeness (QED) is 0.257. The molecule has 3 heteroatoms. The van der Waals surface area contributed by atoms with Crippen molar-refractivity contribution in [1.82, 2.24) is 0 Å². The largest absolute Gasteiger partial charge is 0.401 e. The number of halogens is 1. The molecule has 1 nitrogen and oxygen atoms in total. The number of unbranched alkanes of at least 4 members (excludes halogenated alkanes) is 2. The van der Waals surface area contributed by atoms with Gasteiger partial charge >= 0.3 is 0 Å². The Morgan fingerprint density at radius 3 is 2.11 bits per heavy atom. The van der Waals surface area contributed by atoms with Crippen LogP contribution in [0.2, 0.25) is 18.1 Å². The van der Waals surface area contributed by atoms with Crippen LogP contribution in [0.5, 0.6) is 0 Å². The van der Waals surface area contributed by atoms with Crippen molar-refractivity contribution in [3.63, 3.8) is 0 Å². The fourth-order valence-corrected chi connectivity index (χ4v) is 3.51. The van der Waals surface area contributed by atoms with Gasteiger partial charge in [0.1, 0.15) is 5.60 Å². The summed E-state index contributed by atoms with van der Waals surface area (Å²) in [7, 11) is -1.77. The van der Waals surface area contributed by atoms with Crippen molar-refractivity contribution >= 4 is 24.2 Å². The molecular weight excluding hydrogens is 316 g/mol. The molecule has 19 heavy (non-hydrogen) atoms. The van der Waals surface area contributed by atoms with Crippen molar-refractivity contribution in [2.75, 3.05) is 5.33 Å². The van der Waals surface area contributed by atoms with Crippen molar-refractivity contribution in [1.29, 1.82) is 0 Å². The number of hydrogen-bond donors (Lipinski definition) is 0. The summed E-state index contributed by atoms with van der Waals surface area (Å²) < 4.78 is 6.58. The molecule has 0 fully saturated rings. The van der Waals surface area contributed by atoms with Gasteiger partial charge < -0.3 is 4.43 Å². The summed E-state index contributed by atoms with van der Waals surface area (Å²) in [4.78, 5) is 0. The summed E-state index contributed by atoms with van der Waals surface area (Å²) in [5.41, 5.74) is -0.286. The third-order valence-corrected chi connectivity index (χ3v) is 8.82. The van der Waals surface area contributed by atoms with Crippen molar-refractivity contribution < 1.29 is 4.43 Å². The molecule has 0 saturated heterocycles. The number of rotatable bonds is 6. The van der Waals surface area contributed by atoms with Crippen LogP contribution >= 0.6 is 15.9 Å². The standard InChI is InChI=1S/C16H31BrOSi/c1-8-9-10-12-16(5,13-11-14-17)18-19(6,7)15(2,3)4/h8-10,12,14H2,1-7H3/t16-/m1/s1. The zero-order valence-corrected chi connectivity index (χ0v) is 16.4. The molecule has 0 aliphatic heterocycles. The minimum Gasteiger partial charge on any atom is -0.401 e. The maximum atomic E-state index is 6.58. The predicted octanol–water partition coefficient (Wildman–Crippen LogP) is 5.75. The molecule has 0 aromatic heterocycles. The van der Waals surface area contributed by atoms with Crippen molar-refractivity contribution in [3.05, 3.63) is 0 Å². The average molecular weight is 347 g/mol. The van der Waals surface area contributed by atoms with Gasteiger partial charge in [0.05, 0.1) is 5.33 Å². The molecule has 0 aromatic rings. The second-order valence-electron chi connectivity index (χ2n) is 6.99. The van der Waals surface area contributed by atoms with E-state index in [0.29, 0.717) is 0 Å². The summed E-state index contributed by atoms with van der Waals surface area (Å²) in [6, 6.07) is 0. The molecule has 0 aromatic carbocycles. The summed E-state index contributed by atoms with van der Waals surface area (Å²) in [5, 5.41) is 0.951. The van der Waals surface area contributed by atoms with Crippen LogP contribution in [-0.2, 0) is 4.43 Å². The Morgan fingerprint density at radius 2 is 1.68 bits per heavy atom. The normalized spacial score (nSPS) is 15.6. The maximum Gasteiger partial charge on any atom is 0.194 e. The first kappa shape index (κ1) is 19.2. The van der Waals surface area contributed by atoms with E-state index in [-0.39, 0.29) is 10.6 Å². The molecule has 112 valence electrons. The van der Waals surface area contributed by atoms with Gasteiger partial charge in [-0.25, -0.2) is 0 Å². The molecule has 0 amide bonds. The van der Waals surface area contributed by atoms with E-state index in [1.165, 1.54) is 19.3 Å². The van der Waals surface area contributed by atoms with Crippen molar-refractivity contribution in [2.45, 2.75) is 84.0 Å². The Labute approximate surface area is 130 Å². The minimum absolute atomic E-state index is 0.231. The van der Waals surface area contributed by atoms with E-state index >= 15 is 0 Å². The minimum atomic E-state index is -1.77. The van der Waals surface area contributed by atoms with Gasteiger partial charge in [-0.2, -0.15) is 0 Å². The summed E-state index contributed by atoms with van der Waals surface area (Å²) in [5.74, 6) is 6.50. The van der Waals surface area contributed by atoms with Crippen LogP contribution in [0, 0.1) is 11.8 Å². The Balaban J connectivity index is 4.95. The van der Waals surface area contributed by atoms with Crippen LogP contribution in [0.3, 0.4) is 0 Å².